The van der Waals surface area contributed by atoms with Crippen molar-refractivity contribution in [1.29, 1.82) is 0 Å². The van der Waals surface area contributed by atoms with Gasteiger partial charge in [-0.15, -0.1) is 0 Å². The Morgan fingerprint density at radius 1 is 0.927 bits per heavy atom. The molecule has 6 rings (SSSR count). The van der Waals surface area contributed by atoms with Gasteiger partial charge < -0.3 is 19.7 Å². The van der Waals surface area contributed by atoms with Crippen molar-refractivity contribution in [2.75, 3.05) is 18.1 Å². The number of aryl methyl sites for hydroxylation is 2. The fraction of sp³-hybridized carbons (Fsp3) is 0.212. The summed E-state index contributed by atoms with van der Waals surface area (Å²) in [6, 6.07) is 23.5. The Morgan fingerprint density at radius 3 is 2.54 bits per heavy atom. The molecule has 0 saturated carbocycles. The largest absolute Gasteiger partial charge is 0.486 e. The Hall–Kier alpha value is -4.43. The van der Waals surface area contributed by atoms with E-state index >= 15 is 0 Å². The summed E-state index contributed by atoms with van der Waals surface area (Å²) in [5.74, 6) is 0.784. The van der Waals surface area contributed by atoms with Gasteiger partial charge in [-0.1, -0.05) is 42.0 Å². The van der Waals surface area contributed by atoms with Crippen LogP contribution in [0.4, 0.5) is 5.69 Å². The van der Waals surface area contributed by atoms with Gasteiger partial charge >= 0.3 is 0 Å². The molecule has 2 heterocycles. The lowest BCUT2D eigenvalue weighted by Crippen LogP contribution is -2.31. The van der Waals surface area contributed by atoms with E-state index in [1.165, 1.54) is 0 Å². The Labute approximate surface area is 241 Å². The monoisotopic (exact) mass is 566 g/mol. The summed E-state index contributed by atoms with van der Waals surface area (Å²) in [6.45, 7) is 7.19. The first kappa shape index (κ1) is 26.8. The van der Waals surface area contributed by atoms with Crippen molar-refractivity contribution in [1.82, 2.24) is 5.32 Å². The summed E-state index contributed by atoms with van der Waals surface area (Å²) in [6.07, 6.45) is 0. The van der Waals surface area contributed by atoms with Crippen molar-refractivity contribution in [3.63, 3.8) is 0 Å². The number of carbonyl (C=O) groups excluding carboxylic acids is 2. The number of rotatable bonds is 5. The minimum Gasteiger partial charge on any atom is -0.486 e. The molecule has 0 fully saturated rings. The Kier molecular flexibility index (Phi) is 7.09. The lowest BCUT2D eigenvalue weighted by atomic mass is 10.0. The van der Waals surface area contributed by atoms with E-state index in [4.69, 9.17) is 9.47 Å². The average Bonchev–Trinajstić information content (AvgIpc) is 3.07. The van der Waals surface area contributed by atoms with Crippen LogP contribution in [0.25, 0.3) is 0 Å². The third kappa shape index (κ3) is 5.11. The highest BCUT2D eigenvalue weighted by Crippen LogP contribution is 2.37. The van der Waals surface area contributed by atoms with Crippen LogP contribution >= 0.6 is 0 Å². The summed E-state index contributed by atoms with van der Waals surface area (Å²) < 4.78 is 25.1. The van der Waals surface area contributed by atoms with E-state index in [0.717, 1.165) is 22.3 Å². The fourth-order valence-corrected chi connectivity index (χ4v) is 6.54. The molecule has 0 unspecified atom stereocenters. The van der Waals surface area contributed by atoms with E-state index in [9.17, 15) is 13.8 Å². The van der Waals surface area contributed by atoms with Crippen LogP contribution in [0.1, 0.15) is 55.9 Å². The lowest BCUT2D eigenvalue weighted by molar-refractivity contribution is 0.0937. The molecule has 2 atom stereocenters. The smallest absolute Gasteiger partial charge is 0.259 e. The van der Waals surface area contributed by atoms with E-state index in [1.807, 2.05) is 51.1 Å². The van der Waals surface area contributed by atoms with Crippen molar-refractivity contribution < 1.29 is 23.3 Å². The van der Waals surface area contributed by atoms with Gasteiger partial charge in [0.1, 0.15) is 13.2 Å². The van der Waals surface area contributed by atoms with Crippen molar-refractivity contribution in [3.8, 4) is 11.5 Å². The maximum Gasteiger partial charge on any atom is 0.259 e. The SMILES string of the molecule is Cc1ccc(C)c(CN2C(=O)c3ccccc3[S@@](=O)c3ccc(C(=O)N[C@H](C)c4ccc5c(c4)OCCO5)cc32)c1. The quantitative estimate of drug-likeness (QED) is 0.326. The number of ether oxygens (including phenoxy) is 2. The first-order valence-electron chi connectivity index (χ1n) is 13.5. The van der Waals surface area contributed by atoms with Crippen LogP contribution in [-0.2, 0) is 17.3 Å². The second kappa shape index (κ2) is 10.9. The molecule has 7 nitrogen and oxygen atoms in total. The van der Waals surface area contributed by atoms with Crippen molar-refractivity contribution in [2.24, 2.45) is 0 Å². The molecule has 0 aliphatic carbocycles. The zero-order valence-electron chi connectivity index (χ0n) is 23.1. The summed E-state index contributed by atoms with van der Waals surface area (Å²) in [7, 11) is -1.60. The lowest BCUT2D eigenvalue weighted by Gasteiger charge is -2.25. The molecular formula is C33H30N2O5S. The molecule has 0 saturated heterocycles. The van der Waals surface area contributed by atoms with Gasteiger partial charge in [-0.3, -0.25) is 9.59 Å². The van der Waals surface area contributed by atoms with Crippen LogP contribution in [0.5, 0.6) is 11.5 Å². The number of hydrogen-bond acceptors (Lipinski definition) is 5. The third-order valence-corrected chi connectivity index (χ3v) is 9.02. The molecule has 2 aliphatic rings. The molecule has 41 heavy (non-hydrogen) atoms. The van der Waals surface area contributed by atoms with Gasteiger partial charge in [-0.2, -0.15) is 0 Å². The number of anilines is 1. The number of benzene rings is 4. The molecule has 0 radical (unpaired) electrons. The van der Waals surface area contributed by atoms with Crippen LogP contribution in [0.3, 0.4) is 0 Å². The van der Waals surface area contributed by atoms with Crippen molar-refractivity contribution >= 4 is 28.3 Å². The molecule has 4 aromatic carbocycles. The van der Waals surface area contributed by atoms with Gasteiger partial charge in [-0.25, -0.2) is 4.21 Å². The number of hydrogen-bond donors (Lipinski definition) is 1. The highest BCUT2D eigenvalue weighted by molar-refractivity contribution is 7.85. The fourth-order valence-electron chi connectivity index (χ4n) is 5.20. The summed E-state index contributed by atoms with van der Waals surface area (Å²) in [5.41, 5.74) is 5.21. The van der Waals surface area contributed by atoms with Crippen LogP contribution < -0.4 is 19.7 Å². The van der Waals surface area contributed by atoms with Gasteiger partial charge in [0.05, 0.1) is 44.4 Å². The van der Waals surface area contributed by atoms with Gasteiger partial charge in [0, 0.05) is 5.56 Å². The van der Waals surface area contributed by atoms with Crippen molar-refractivity contribution in [3.05, 3.63) is 112 Å². The van der Waals surface area contributed by atoms with Gasteiger partial charge in [0.15, 0.2) is 11.5 Å². The molecular weight excluding hydrogens is 536 g/mol. The number of nitrogens with one attached hydrogen (secondary N) is 1. The zero-order chi connectivity index (χ0) is 28.7. The molecule has 0 aromatic heterocycles. The molecule has 2 aliphatic heterocycles. The first-order chi connectivity index (χ1) is 19.8. The summed E-state index contributed by atoms with van der Waals surface area (Å²) in [4.78, 5) is 30.1. The maximum atomic E-state index is 14.0. The first-order valence-corrected chi connectivity index (χ1v) is 14.7. The molecule has 0 spiro atoms. The van der Waals surface area contributed by atoms with Gasteiger partial charge in [0.25, 0.3) is 11.8 Å². The van der Waals surface area contributed by atoms with Crippen LogP contribution in [-0.4, -0.2) is 29.2 Å². The van der Waals surface area contributed by atoms with Crippen molar-refractivity contribution in [2.45, 2.75) is 43.1 Å². The summed E-state index contributed by atoms with van der Waals surface area (Å²) in [5, 5.41) is 3.05. The molecule has 4 aromatic rings. The predicted octanol–water partition coefficient (Wildman–Crippen LogP) is 5.89. The highest BCUT2D eigenvalue weighted by Gasteiger charge is 2.32. The van der Waals surface area contributed by atoms with E-state index in [-0.39, 0.29) is 24.4 Å². The molecule has 208 valence electrons. The van der Waals surface area contributed by atoms with E-state index in [1.54, 1.807) is 47.4 Å². The standard InChI is InChI=1S/C33H30N2O5S/c1-20-8-9-21(2)25(16-20)19-35-27-17-24(11-13-31(27)41(38)30-7-5-4-6-26(30)33(35)37)32(36)34-22(3)23-10-12-28-29(18-23)40-15-14-39-28/h4-13,16-18,22H,14-15,19H2,1-3H3,(H,34,36)/t22-,41-/m1/s1. The van der Waals surface area contributed by atoms with Gasteiger partial charge in [0.2, 0.25) is 0 Å². The minimum atomic E-state index is -1.60. The number of amides is 2. The molecule has 1 N–H and O–H groups in total. The number of fused-ring (bicyclic) bond motifs is 3. The number of nitrogens with zero attached hydrogens (tertiary/aromatic N) is 1. The molecule has 8 heteroatoms. The second-order valence-electron chi connectivity index (χ2n) is 10.4. The van der Waals surface area contributed by atoms with E-state index in [2.05, 4.69) is 11.4 Å². The Bertz CT molecular complexity index is 1720. The Morgan fingerprint density at radius 2 is 1.71 bits per heavy atom. The number of carbonyl (C=O) groups is 2. The predicted molar refractivity (Wildman–Crippen MR) is 157 cm³/mol. The zero-order valence-corrected chi connectivity index (χ0v) is 23.9. The Balaban J connectivity index is 1.36. The van der Waals surface area contributed by atoms with Crippen LogP contribution in [0.15, 0.2) is 88.7 Å². The maximum absolute atomic E-state index is 14.0. The average molecular weight is 567 g/mol. The summed E-state index contributed by atoms with van der Waals surface area (Å²) >= 11 is 0. The van der Waals surface area contributed by atoms with Gasteiger partial charge in [-0.05, 0) is 79.9 Å². The molecule has 0 bridgehead atoms. The van der Waals surface area contributed by atoms with Crippen LogP contribution in [0, 0.1) is 13.8 Å². The van der Waals surface area contributed by atoms with E-state index < -0.39 is 10.8 Å². The normalized spacial score (nSPS) is 16.3. The van der Waals surface area contributed by atoms with E-state index in [0.29, 0.717) is 51.3 Å². The third-order valence-electron chi connectivity index (χ3n) is 7.52. The molecule has 2 amide bonds. The minimum absolute atomic E-state index is 0.254. The van der Waals surface area contributed by atoms with Crippen LogP contribution in [0.2, 0.25) is 0 Å². The topological polar surface area (TPSA) is 84.9 Å². The highest BCUT2D eigenvalue weighted by atomic mass is 32.2. The second-order valence-corrected chi connectivity index (χ2v) is 11.8.